The van der Waals surface area contributed by atoms with Crippen LogP contribution in [0.4, 0.5) is 8.78 Å². The largest absolute Gasteiger partial charge is 0.341 e. The lowest BCUT2D eigenvalue weighted by molar-refractivity contribution is 0.0629. The molecule has 0 saturated carbocycles. The van der Waals surface area contributed by atoms with Gasteiger partial charge in [-0.25, -0.2) is 8.42 Å². The van der Waals surface area contributed by atoms with Crippen LogP contribution in [-0.2, 0) is 16.4 Å². The van der Waals surface area contributed by atoms with Crippen molar-refractivity contribution in [3.63, 3.8) is 0 Å². The minimum absolute atomic E-state index is 0.231. The van der Waals surface area contributed by atoms with E-state index in [9.17, 15) is 22.0 Å². The molecular formula is C23H22F2N2O3S. The quantitative estimate of drug-likeness (QED) is 0.601. The van der Waals surface area contributed by atoms with Crippen LogP contribution in [0.3, 0.4) is 0 Å². The Hall–Kier alpha value is -2.84. The summed E-state index contributed by atoms with van der Waals surface area (Å²) >= 11 is 0. The van der Waals surface area contributed by atoms with E-state index in [1.165, 1.54) is 28.5 Å². The molecule has 1 heterocycles. The van der Waals surface area contributed by atoms with Crippen molar-refractivity contribution < 1.29 is 22.0 Å². The first kappa shape index (κ1) is 21.4. The van der Waals surface area contributed by atoms with E-state index in [-0.39, 0.29) is 11.5 Å². The molecule has 0 radical (unpaired) electrons. The Morgan fingerprint density at radius 3 is 2.19 bits per heavy atom. The van der Waals surface area contributed by atoms with Gasteiger partial charge in [-0.3, -0.25) is 9.69 Å². The third kappa shape index (κ3) is 4.45. The molecule has 0 bridgehead atoms. The highest BCUT2D eigenvalue weighted by Gasteiger charge is 2.27. The second-order valence-electron chi connectivity index (χ2n) is 7.54. The van der Waals surface area contributed by atoms with Crippen LogP contribution in [0.5, 0.6) is 0 Å². The van der Waals surface area contributed by atoms with Crippen molar-refractivity contribution in [2.24, 2.45) is 0 Å². The molecule has 31 heavy (non-hydrogen) atoms. The van der Waals surface area contributed by atoms with Gasteiger partial charge < -0.3 is 4.90 Å². The number of sulfone groups is 1. The zero-order chi connectivity index (χ0) is 22.0. The van der Waals surface area contributed by atoms with Crippen molar-refractivity contribution in [2.75, 3.05) is 26.2 Å². The van der Waals surface area contributed by atoms with Crippen LogP contribution in [0.2, 0.25) is 0 Å². The summed E-state index contributed by atoms with van der Waals surface area (Å²) in [5.74, 6) is -3.71. The predicted octanol–water partition coefficient (Wildman–Crippen LogP) is 3.79. The molecule has 8 heteroatoms. The molecule has 1 aliphatic heterocycles. The van der Waals surface area contributed by atoms with Gasteiger partial charge in [0, 0.05) is 38.3 Å². The number of carbonyl (C=O) groups is 1. The third-order valence-electron chi connectivity index (χ3n) is 5.60. The fourth-order valence-electron chi connectivity index (χ4n) is 3.85. The summed E-state index contributed by atoms with van der Waals surface area (Å²) in [5.41, 5.74) is 1.53. The Kier molecular flexibility index (Phi) is 6.02. The molecular weight excluding hydrogens is 422 g/mol. The van der Waals surface area contributed by atoms with Gasteiger partial charge in [0.15, 0.2) is 0 Å². The summed E-state index contributed by atoms with van der Waals surface area (Å²) < 4.78 is 48.4. The van der Waals surface area contributed by atoms with Gasteiger partial charge in [-0.15, -0.1) is 0 Å². The SMILES string of the molecule is O=C(c1ccc(S(=O)(=O)C(F)F)cc1)N1CCN(Cc2cccc3ccccc23)CC1. The monoisotopic (exact) mass is 444 g/mol. The van der Waals surface area contributed by atoms with Crippen LogP contribution in [0.1, 0.15) is 15.9 Å². The van der Waals surface area contributed by atoms with E-state index in [0.29, 0.717) is 26.2 Å². The third-order valence-corrected chi connectivity index (χ3v) is 7.00. The van der Waals surface area contributed by atoms with E-state index in [4.69, 9.17) is 0 Å². The van der Waals surface area contributed by atoms with Gasteiger partial charge in [-0.2, -0.15) is 8.78 Å². The lowest BCUT2D eigenvalue weighted by Gasteiger charge is -2.35. The number of carbonyl (C=O) groups excluding carboxylic acids is 1. The molecule has 1 aliphatic rings. The molecule has 0 aliphatic carbocycles. The maximum Gasteiger partial charge on any atom is 0.341 e. The number of amides is 1. The lowest BCUT2D eigenvalue weighted by Crippen LogP contribution is -2.48. The Morgan fingerprint density at radius 2 is 1.52 bits per heavy atom. The second kappa shape index (κ2) is 8.72. The highest BCUT2D eigenvalue weighted by molar-refractivity contribution is 7.91. The van der Waals surface area contributed by atoms with Gasteiger partial charge in [0.1, 0.15) is 0 Å². The fraction of sp³-hybridized carbons (Fsp3) is 0.261. The van der Waals surface area contributed by atoms with Gasteiger partial charge in [-0.05, 0) is 40.6 Å². The van der Waals surface area contributed by atoms with Crippen LogP contribution in [0.25, 0.3) is 10.8 Å². The molecule has 3 aromatic carbocycles. The van der Waals surface area contributed by atoms with E-state index in [0.717, 1.165) is 18.7 Å². The summed E-state index contributed by atoms with van der Waals surface area (Å²) in [5, 5.41) is 2.42. The number of alkyl halides is 2. The van der Waals surface area contributed by atoms with Crippen LogP contribution in [0, 0.1) is 0 Å². The van der Waals surface area contributed by atoms with Gasteiger partial charge in [0.05, 0.1) is 4.90 Å². The standard InChI is InChI=1S/C23H22F2N2O3S/c24-23(25)31(29,30)20-10-8-18(9-11-20)22(28)27-14-12-26(13-15-27)16-19-6-3-5-17-4-1-2-7-21(17)19/h1-11,23H,12-16H2. The number of rotatable bonds is 5. The molecule has 0 unspecified atom stereocenters. The summed E-state index contributed by atoms with van der Waals surface area (Å²) in [6.07, 6.45) is 0. The molecule has 1 fully saturated rings. The van der Waals surface area contributed by atoms with Crippen molar-refractivity contribution in [3.8, 4) is 0 Å². The maximum atomic E-state index is 12.7. The Labute approximate surface area is 179 Å². The number of nitrogens with zero attached hydrogens (tertiary/aromatic N) is 2. The average molecular weight is 445 g/mol. The van der Waals surface area contributed by atoms with Crippen molar-refractivity contribution >= 4 is 26.5 Å². The first-order valence-electron chi connectivity index (χ1n) is 9.96. The van der Waals surface area contributed by atoms with Gasteiger partial charge in [0.2, 0.25) is 9.84 Å². The first-order valence-corrected chi connectivity index (χ1v) is 11.5. The minimum atomic E-state index is -4.66. The molecule has 1 amide bonds. The summed E-state index contributed by atoms with van der Waals surface area (Å²) in [7, 11) is -4.66. The number of halogens is 2. The normalized spacial score (nSPS) is 15.5. The number of piperazine rings is 1. The van der Waals surface area contributed by atoms with E-state index in [2.05, 4.69) is 35.2 Å². The first-order chi connectivity index (χ1) is 14.9. The smallest absolute Gasteiger partial charge is 0.336 e. The molecule has 3 aromatic rings. The predicted molar refractivity (Wildman–Crippen MR) is 115 cm³/mol. The highest BCUT2D eigenvalue weighted by Crippen LogP contribution is 2.22. The van der Waals surface area contributed by atoms with Crippen LogP contribution < -0.4 is 0 Å². The second-order valence-corrected chi connectivity index (χ2v) is 9.45. The Bertz CT molecular complexity index is 1180. The van der Waals surface area contributed by atoms with Crippen molar-refractivity contribution in [2.45, 2.75) is 17.2 Å². The lowest BCUT2D eigenvalue weighted by atomic mass is 10.0. The minimum Gasteiger partial charge on any atom is -0.336 e. The number of hydrogen-bond acceptors (Lipinski definition) is 4. The summed E-state index contributed by atoms with van der Waals surface area (Å²) in [4.78, 5) is 16.3. The molecule has 0 spiro atoms. The van der Waals surface area contributed by atoms with Crippen LogP contribution >= 0.6 is 0 Å². The zero-order valence-corrected chi connectivity index (χ0v) is 17.6. The molecule has 1 saturated heterocycles. The maximum absolute atomic E-state index is 12.7. The van der Waals surface area contributed by atoms with Gasteiger partial charge in [0.25, 0.3) is 5.91 Å². The van der Waals surface area contributed by atoms with Gasteiger partial charge in [-0.1, -0.05) is 42.5 Å². The van der Waals surface area contributed by atoms with E-state index in [1.54, 1.807) is 4.90 Å². The Morgan fingerprint density at radius 1 is 0.871 bits per heavy atom. The van der Waals surface area contributed by atoms with Crippen molar-refractivity contribution in [1.82, 2.24) is 9.80 Å². The summed E-state index contributed by atoms with van der Waals surface area (Å²) in [6, 6.07) is 19.2. The number of fused-ring (bicyclic) bond motifs is 1. The van der Waals surface area contributed by atoms with Crippen LogP contribution in [-0.4, -0.2) is 56.1 Å². The van der Waals surface area contributed by atoms with Crippen LogP contribution in [0.15, 0.2) is 71.6 Å². The number of benzene rings is 3. The molecule has 4 rings (SSSR count). The van der Waals surface area contributed by atoms with Crippen molar-refractivity contribution in [3.05, 3.63) is 77.9 Å². The van der Waals surface area contributed by atoms with E-state index < -0.39 is 20.5 Å². The molecule has 0 atom stereocenters. The molecule has 0 N–H and O–H groups in total. The molecule has 0 aromatic heterocycles. The zero-order valence-electron chi connectivity index (χ0n) is 16.7. The fourth-order valence-corrected chi connectivity index (χ4v) is 4.57. The van der Waals surface area contributed by atoms with Crippen molar-refractivity contribution in [1.29, 1.82) is 0 Å². The highest BCUT2D eigenvalue weighted by atomic mass is 32.2. The average Bonchev–Trinajstić information content (AvgIpc) is 2.79. The topological polar surface area (TPSA) is 57.7 Å². The van der Waals surface area contributed by atoms with E-state index in [1.807, 2.05) is 12.1 Å². The van der Waals surface area contributed by atoms with E-state index >= 15 is 0 Å². The summed E-state index contributed by atoms with van der Waals surface area (Å²) in [6.45, 7) is 3.31. The Balaban J connectivity index is 1.39. The molecule has 162 valence electrons. The van der Waals surface area contributed by atoms with Gasteiger partial charge >= 0.3 is 5.76 Å². The number of hydrogen-bond donors (Lipinski definition) is 0. The molecule has 5 nitrogen and oxygen atoms in total.